The van der Waals surface area contributed by atoms with Gasteiger partial charge in [-0.15, -0.1) is 10.2 Å². The Hall–Kier alpha value is -2.52. The van der Waals surface area contributed by atoms with Crippen LogP contribution in [0.2, 0.25) is 0 Å². The zero-order valence-electron chi connectivity index (χ0n) is 10.6. The molecule has 0 amide bonds. The van der Waals surface area contributed by atoms with Gasteiger partial charge in [-0.05, 0) is 42.1 Å². The maximum atomic E-state index is 9.18. The molecule has 0 aliphatic rings. The average molecular weight is 282 g/mol. The van der Waals surface area contributed by atoms with Crippen LogP contribution in [-0.4, -0.2) is 21.7 Å². The summed E-state index contributed by atoms with van der Waals surface area (Å²) in [5.74, 6) is 0.709. The van der Waals surface area contributed by atoms with Crippen LogP contribution in [0.1, 0.15) is 5.56 Å². The van der Waals surface area contributed by atoms with E-state index in [4.69, 9.17) is 4.74 Å². The van der Waals surface area contributed by atoms with Crippen molar-refractivity contribution in [2.24, 2.45) is 0 Å². The van der Waals surface area contributed by atoms with Crippen LogP contribution in [0.25, 0.3) is 5.65 Å². The molecule has 0 atom stereocenters. The first-order valence-corrected chi connectivity index (χ1v) is 6.69. The van der Waals surface area contributed by atoms with Gasteiger partial charge in [0.2, 0.25) is 0 Å². The summed E-state index contributed by atoms with van der Waals surface area (Å²) >= 11 is 1.39. The normalized spacial score (nSPS) is 10.4. The Morgan fingerprint density at radius 1 is 1.25 bits per heavy atom. The molecule has 0 saturated heterocycles. The summed E-state index contributed by atoms with van der Waals surface area (Å²) in [7, 11) is 1.60. The van der Waals surface area contributed by atoms with Gasteiger partial charge in [-0.2, -0.15) is 5.26 Å². The predicted molar refractivity (Wildman–Crippen MR) is 74.8 cm³/mol. The number of nitrogens with zero attached hydrogens (tertiary/aromatic N) is 4. The van der Waals surface area contributed by atoms with Crippen molar-refractivity contribution in [3.8, 4) is 11.8 Å². The Labute approximate surface area is 119 Å². The zero-order valence-corrected chi connectivity index (χ0v) is 11.5. The number of aromatic nitrogens is 3. The molecular weight excluding hydrogens is 272 g/mol. The topological polar surface area (TPSA) is 63.2 Å². The van der Waals surface area contributed by atoms with Gasteiger partial charge < -0.3 is 4.74 Å². The molecule has 98 valence electrons. The van der Waals surface area contributed by atoms with E-state index < -0.39 is 0 Å². The maximum absolute atomic E-state index is 9.18. The molecule has 20 heavy (non-hydrogen) atoms. The highest BCUT2D eigenvalue weighted by atomic mass is 32.2. The number of methoxy groups -OCH3 is 1. The zero-order chi connectivity index (χ0) is 13.9. The van der Waals surface area contributed by atoms with Crippen molar-refractivity contribution in [2.75, 3.05) is 7.11 Å². The van der Waals surface area contributed by atoms with Crippen LogP contribution < -0.4 is 4.74 Å². The lowest BCUT2D eigenvalue weighted by atomic mass is 10.2. The van der Waals surface area contributed by atoms with E-state index in [0.29, 0.717) is 16.5 Å². The van der Waals surface area contributed by atoms with Gasteiger partial charge >= 0.3 is 0 Å². The van der Waals surface area contributed by atoms with Crippen molar-refractivity contribution in [3.63, 3.8) is 0 Å². The Morgan fingerprint density at radius 3 is 2.95 bits per heavy atom. The average Bonchev–Trinajstić information content (AvgIpc) is 2.90. The van der Waals surface area contributed by atoms with E-state index in [-0.39, 0.29) is 0 Å². The third-order valence-electron chi connectivity index (χ3n) is 2.79. The molecule has 5 nitrogen and oxygen atoms in total. The van der Waals surface area contributed by atoms with Crippen molar-refractivity contribution in [1.82, 2.24) is 14.6 Å². The summed E-state index contributed by atoms with van der Waals surface area (Å²) in [4.78, 5) is 0.796. The molecule has 0 aliphatic heterocycles. The van der Waals surface area contributed by atoms with Gasteiger partial charge in [0.25, 0.3) is 0 Å². The first-order chi connectivity index (χ1) is 9.81. The second-order valence-corrected chi connectivity index (χ2v) is 5.00. The lowest BCUT2D eigenvalue weighted by Crippen LogP contribution is -1.89. The van der Waals surface area contributed by atoms with Crippen LogP contribution in [-0.2, 0) is 0 Å². The molecule has 6 heteroatoms. The molecule has 0 radical (unpaired) electrons. The molecule has 3 rings (SSSR count). The molecule has 2 aromatic heterocycles. The minimum absolute atomic E-state index is 0.587. The van der Waals surface area contributed by atoms with Crippen LogP contribution in [0.4, 0.5) is 0 Å². The Morgan fingerprint density at radius 2 is 2.15 bits per heavy atom. The van der Waals surface area contributed by atoms with Crippen LogP contribution >= 0.6 is 11.8 Å². The maximum Gasteiger partial charge on any atom is 0.200 e. The van der Waals surface area contributed by atoms with Gasteiger partial charge in [0.1, 0.15) is 11.8 Å². The molecule has 0 bridgehead atoms. The fourth-order valence-corrected chi connectivity index (χ4v) is 2.72. The Balaban J connectivity index is 2.04. The lowest BCUT2D eigenvalue weighted by molar-refractivity contribution is 0.413. The van der Waals surface area contributed by atoms with Gasteiger partial charge in [-0.25, -0.2) is 0 Å². The van der Waals surface area contributed by atoms with Crippen molar-refractivity contribution in [1.29, 1.82) is 5.26 Å². The number of hydrogen-bond acceptors (Lipinski definition) is 5. The number of ether oxygens (including phenoxy) is 1. The van der Waals surface area contributed by atoms with Crippen LogP contribution in [0.3, 0.4) is 0 Å². The van der Waals surface area contributed by atoms with E-state index >= 15 is 0 Å². The van der Waals surface area contributed by atoms with Gasteiger partial charge in [-0.1, -0.05) is 6.07 Å². The minimum Gasteiger partial charge on any atom is -0.497 e. The fourth-order valence-electron chi connectivity index (χ4n) is 1.79. The number of hydrogen-bond donors (Lipinski definition) is 0. The van der Waals surface area contributed by atoms with E-state index in [1.165, 1.54) is 11.8 Å². The number of nitriles is 1. The second-order valence-electron chi connectivity index (χ2n) is 3.99. The highest BCUT2D eigenvalue weighted by molar-refractivity contribution is 7.99. The molecular formula is C14H10N4OS. The minimum atomic E-state index is 0.587. The molecule has 1 aromatic carbocycles. The van der Waals surface area contributed by atoms with Crippen molar-refractivity contribution >= 4 is 17.4 Å². The standard InChI is InChI=1S/C14H10N4OS/c1-19-11-6-5-10(9-15)12(8-11)20-14-17-16-13-4-2-3-7-18(13)14/h2-8H,1H3. The smallest absolute Gasteiger partial charge is 0.200 e. The Bertz CT molecular complexity index is 806. The SMILES string of the molecule is COc1ccc(C#N)c(Sc2nnc3ccccn23)c1. The summed E-state index contributed by atoms with van der Waals surface area (Å²) in [6.07, 6.45) is 1.89. The number of rotatable bonds is 3. The van der Waals surface area contributed by atoms with Gasteiger partial charge in [0.15, 0.2) is 10.8 Å². The summed E-state index contributed by atoms with van der Waals surface area (Å²) in [5, 5.41) is 18.1. The third-order valence-corrected chi connectivity index (χ3v) is 3.81. The van der Waals surface area contributed by atoms with Crippen LogP contribution in [0, 0.1) is 11.3 Å². The monoisotopic (exact) mass is 282 g/mol. The molecule has 0 spiro atoms. The largest absolute Gasteiger partial charge is 0.497 e. The van der Waals surface area contributed by atoms with Crippen LogP contribution in [0.15, 0.2) is 52.6 Å². The molecule has 0 N–H and O–H groups in total. The molecule has 3 aromatic rings. The van der Waals surface area contributed by atoms with E-state index in [0.717, 1.165) is 10.5 Å². The summed E-state index contributed by atoms with van der Waals surface area (Å²) in [6.45, 7) is 0. The predicted octanol–water partition coefficient (Wildman–Crippen LogP) is 2.76. The van der Waals surface area contributed by atoms with Crippen molar-refractivity contribution in [3.05, 3.63) is 48.2 Å². The van der Waals surface area contributed by atoms with E-state index in [1.807, 2.05) is 34.9 Å². The summed E-state index contributed by atoms with van der Waals surface area (Å²) in [5.41, 5.74) is 1.36. The molecule has 0 aliphatic carbocycles. The highest BCUT2D eigenvalue weighted by Gasteiger charge is 2.11. The van der Waals surface area contributed by atoms with Gasteiger partial charge in [0, 0.05) is 11.1 Å². The Kier molecular flexibility index (Phi) is 3.27. The molecule has 2 heterocycles. The molecule has 0 saturated carbocycles. The number of benzene rings is 1. The molecule has 0 fully saturated rings. The fraction of sp³-hybridized carbons (Fsp3) is 0.0714. The van der Waals surface area contributed by atoms with Crippen molar-refractivity contribution < 1.29 is 4.74 Å². The summed E-state index contributed by atoms with van der Waals surface area (Å²) < 4.78 is 7.08. The van der Waals surface area contributed by atoms with Crippen LogP contribution in [0.5, 0.6) is 5.75 Å². The van der Waals surface area contributed by atoms with Crippen molar-refractivity contribution in [2.45, 2.75) is 10.1 Å². The second kappa shape index (κ2) is 5.23. The highest BCUT2D eigenvalue weighted by Crippen LogP contribution is 2.32. The molecule has 0 unspecified atom stereocenters. The first-order valence-electron chi connectivity index (χ1n) is 5.87. The van der Waals surface area contributed by atoms with E-state index in [9.17, 15) is 5.26 Å². The first kappa shape index (κ1) is 12.5. The van der Waals surface area contributed by atoms with Gasteiger partial charge in [-0.3, -0.25) is 4.40 Å². The quantitative estimate of drug-likeness (QED) is 0.739. The lowest BCUT2D eigenvalue weighted by Gasteiger charge is -2.05. The van der Waals surface area contributed by atoms with E-state index in [1.54, 1.807) is 19.2 Å². The number of pyridine rings is 1. The van der Waals surface area contributed by atoms with E-state index in [2.05, 4.69) is 16.3 Å². The summed E-state index contributed by atoms with van der Waals surface area (Å²) in [6, 6.07) is 13.2. The number of fused-ring (bicyclic) bond motifs is 1. The van der Waals surface area contributed by atoms with Gasteiger partial charge in [0.05, 0.1) is 12.7 Å². The third kappa shape index (κ3) is 2.19.